The lowest BCUT2D eigenvalue weighted by Crippen LogP contribution is -1.98. The highest BCUT2D eigenvalue weighted by Gasteiger charge is 2.12. The second kappa shape index (κ2) is 6.93. The minimum absolute atomic E-state index is 0.883. The molecule has 0 unspecified atom stereocenters. The van der Waals surface area contributed by atoms with Gasteiger partial charge in [-0.25, -0.2) is 0 Å². The number of hydrogen-bond donors (Lipinski definition) is 0. The molecule has 3 aromatic rings. The van der Waals surface area contributed by atoms with E-state index in [0.29, 0.717) is 0 Å². The summed E-state index contributed by atoms with van der Waals surface area (Å²) in [6.45, 7) is 7.97. The van der Waals surface area contributed by atoms with Gasteiger partial charge >= 0.3 is 0 Å². The van der Waals surface area contributed by atoms with E-state index < -0.39 is 0 Å². The summed E-state index contributed by atoms with van der Waals surface area (Å²) in [6.07, 6.45) is 4.73. The highest BCUT2D eigenvalue weighted by molar-refractivity contribution is 5.78. The Bertz CT molecular complexity index is 811. The van der Waals surface area contributed by atoms with Crippen molar-refractivity contribution in [1.82, 2.24) is 0 Å². The van der Waals surface area contributed by atoms with Crippen LogP contribution in [0.4, 0.5) is 0 Å². The number of rotatable bonds is 5. The van der Waals surface area contributed by atoms with Gasteiger partial charge in [0, 0.05) is 0 Å². The molecule has 0 heterocycles. The maximum atomic E-state index is 4.03. The average Bonchev–Trinajstić information content (AvgIpc) is 2.63. The van der Waals surface area contributed by atoms with Crippen LogP contribution in [0.5, 0.6) is 0 Å². The van der Waals surface area contributed by atoms with Gasteiger partial charge in [0.25, 0.3) is 0 Å². The molecule has 3 aromatic carbocycles. The van der Waals surface area contributed by atoms with E-state index in [1.54, 1.807) is 0 Å². The van der Waals surface area contributed by atoms with E-state index >= 15 is 0 Å². The fourth-order valence-electron chi connectivity index (χ4n) is 2.98. The van der Waals surface area contributed by atoms with Gasteiger partial charge < -0.3 is 0 Å². The van der Waals surface area contributed by atoms with Crippen LogP contribution in [0.15, 0.2) is 86.0 Å². The van der Waals surface area contributed by atoms with Crippen molar-refractivity contribution >= 4 is 12.2 Å². The van der Waals surface area contributed by atoms with Crippen LogP contribution >= 0.6 is 0 Å². The summed E-state index contributed by atoms with van der Waals surface area (Å²) >= 11 is 0. The standard InChI is InChI=1S/C23H20/c1-3-19-15-16-22(20-13-9-6-10-14-20)23(21(19)4-2)17-18-11-7-5-8-12-18/h3-16H,1-2,17H2. The predicted octanol–water partition coefficient (Wildman–Crippen LogP) is 6.23. The Morgan fingerprint density at radius 2 is 1.35 bits per heavy atom. The fourth-order valence-corrected chi connectivity index (χ4v) is 2.98. The van der Waals surface area contributed by atoms with Crippen LogP contribution in [0.25, 0.3) is 23.3 Å². The smallest absolute Gasteiger partial charge is 0.00135 e. The summed E-state index contributed by atoms with van der Waals surface area (Å²) in [5.41, 5.74) is 7.40. The molecule has 0 saturated heterocycles. The Hall–Kier alpha value is -2.86. The molecule has 0 aliphatic carbocycles. The Morgan fingerprint density at radius 3 is 1.96 bits per heavy atom. The lowest BCUT2D eigenvalue weighted by Gasteiger charge is -2.16. The third-order valence-corrected chi connectivity index (χ3v) is 4.12. The zero-order chi connectivity index (χ0) is 16.1. The van der Waals surface area contributed by atoms with Gasteiger partial charge in [-0.1, -0.05) is 98.1 Å². The van der Waals surface area contributed by atoms with Crippen molar-refractivity contribution in [3.05, 3.63) is 108 Å². The molecule has 3 rings (SSSR count). The van der Waals surface area contributed by atoms with E-state index in [2.05, 4.69) is 79.9 Å². The van der Waals surface area contributed by atoms with E-state index in [9.17, 15) is 0 Å². The molecule has 0 fully saturated rings. The minimum Gasteiger partial charge on any atom is -0.0984 e. The Labute approximate surface area is 138 Å². The monoisotopic (exact) mass is 296 g/mol. The third-order valence-electron chi connectivity index (χ3n) is 4.12. The minimum atomic E-state index is 0.883. The lowest BCUT2D eigenvalue weighted by atomic mass is 9.88. The first-order chi connectivity index (χ1) is 11.3. The maximum absolute atomic E-state index is 4.03. The summed E-state index contributed by atoms with van der Waals surface area (Å²) in [4.78, 5) is 0. The first-order valence-electron chi connectivity index (χ1n) is 7.83. The number of hydrogen-bond acceptors (Lipinski definition) is 0. The molecular formula is C23H20. The van der Waals surface area contributed by atoms with Crippen LogP contribution in [0.1, 0.15) is 22.3 Å². The molecule has 0 saturated carbocycles. The van der Waals surface area contributed by atoms with Gasteiger partial charge in [0.15, 0.2) is 0 Å². The van der Waals surface area contributed by atoms with E-state index in [4.69, 9.17) is 0 Å². The number of benzene rings is 3. The highest BCUT2D eigenvalue weighted by atomic mass is 14.2. The van der Waals surface area contributed by atoms with Gasteiger partial charge in [0.1, 0.15) is 0 Å². The summed E-state index contributed by atoms with van der Waals surface area (Å²) < 4.78 is 0. The molecule has 0 heteroatoms. The SMILES string of the molecule is C=Cc1ccc(-c2ccccc2)c(Cc2ccccc2)c1C=C. The molecule has 0 bridgehead atoms. The Kier molecular flexibility index (Phi) is 4.54. The largest absolute Gasteiger partial charge is 0.0984 e. The van der Waals surface area contributed by atoms with Crippen molar-refractivity contribution < 1.29 is 0 Å². The molecule has 23 heavy (non-hydrogen) atoms. The molecular weight excluding hydrogens is 276 g/mol. The summed E-state index contributed by atoms with van der Waals surface area (Å²) in [7, 11) is 0. The molecule has 0 spiro atoms. The van der Waals surface area contributed by atoms with Crippen molar-refractivity contribution in [2.45, 2.75) is 6.42 Å². The van der Waals surface area contributed by atoms with Crippen LogP contribution in [-0.2, 0) is 6.42 Å². The third kappa shape index (κ3) is 3.17. The highest BCUT2D eigenvalue weighted by Crippen LogP contribution is 2.31. The van der Waals surface area contributed by atoms with Crippen molar-refractivity contribution in [2.24, 2.45) is 0 Å². The van der Waals surface area contributed by atoms with Crippen LogP contribution in [0.2, 0.25) is 0 Å². The van der Waals surface area contributed by atoms with Crippen LogP contribution in [0, 0.1) is 0 Å². The molecule has 0 aromatic heterocycles. The van der Waals surface area contributed by atoms with Crippen LogP contribution in [0.3, 0.4) is 0 Å². The first-order valence-corrected chi connectivity index (χ1v) is 7.83. The second-order valence-corrected chi connectivity index (χ2v) is 5.53. The lowest BCUT2D eigenvalue weighted by molar-refractivity contribution is 1.18. The average molecular weight is 296 g/mol. The van der Waals surface area contributed by atoms with Gasteiger partial charge in [-0.3, -0.25) is 0 Å². The van der Waals surface area contributed by atoms with E-state index in [1.165, 1.54) is 27.8 Å². The summed E-state index contributed by atoms with van der Waals surface area (Å²) in [5.74, 6) is 0. The summed E-state index contributed by atoms with van der Waals surface area (Å²) in [6, 6.07) is 25.4. The normalized spacial score (nSPS) is 10.3. The molecule has 0 atom stereocenters. The molecule has 0 aliphatic rings. The fraction of sp³-hybridized carbons (Fsp3) is 0.0435. The van der Waals surface area contributed by atoms with Crippen molar-refractivity contribution in [1.29, 1.82) is 0 Å². The van der Waals surface area contributed by atoms with Crippen molar-refractivity contribution in [2.75, 3.05) is 0 Å². The zero-order valence-corrected chi connectivity index (χ0v) is 13.2. The van der Waals surface area contributed by atoms with Gasteiger partial charge in [-0.15, -0.1) is 0 Å². The zero-order valence-electron chi connectivity index (χ0n) is 13.2. The predicted molar refractivity (Wildman–Crippen MR) is 101 cm³/mol. The van der Waals surface area contributed by atoms with E-state index in [-0.39, 0.29) is 0 Å². The molecule has 0 amide bonds. The van der Waals surface area contributed by atoms with Crippen LogP contribution in [-0.4, -0.2) is 0 Å². The van der Waals surface area contributed by atoms with Gasteiger partial charge in [0.05, 0.1) is 0 Å². The topological polar surface area (TPSA) is 0 Å². The summed E-state index contributed by atoms with van der Waals surface area (Å²) in [5, 5.41) is 0. The van der Waals surface area contributed by atoms with Gasteiger partial charge in [-0.05, 0) is 39.8 Å². The Balaban J connectivity index is 2.20. The molecule has 0 radical (unpaired) electrons. The Morgan fingerprint density at radius 1 is 0.696 bits per heavy atom. The van der Waals surface area contributed by atoms with Crippen molar-refractivity contribution in [3.8, 4) is 11.1 Å². The molecule has 0 N–H and O–H groups in total. The van der Waals surface area contributed by atoms with E-state index in [0.717, 1.165) is 12.0 Å². The maximum Gasteiger partial charge on any atom is -0.00135 e. The quantitative estimate of drug-likeness (QED) is 0.523. The van der Waals surface area contributed by atoms with E-state index in [1.807, 2.05) is 18.2 Å². The molecule has 0 nitrogen and oxygen atoms in total. The van der Waals surface area contributed by atoms with Crippen molar-refractivity contribution in [3.63, 3.8) is 0 Å². The van der Waals surface area contributed by atoms with Gasteiger partial charge in [0.2, 0.25) is 0 Å². The first kappa shape index (κ1) is 15.1. The molecule has 112 valence electrons. The second-order valence-electron chi connectivity index (χ2n) is 5.53. The van der Waals surface area contributed by atoms with Gasteiger partial charge in [-0.2, -0.15) is 0 Å². The molecule has 0 aliphatic heterocycles. The van der Waals surface area contributed by atoms with Crippen LogP contribution < -0.4 is 0 Å².